The Hall–Kier alpha value is -1.98. The van der Waals surface area contributed by atoms with E-state index in [1.165, 1.54) is 4.90 Å². The lowest BCUT2D eigenvalue weighted by Gasteiger charge is -2.15. The van der Waals surface area contributed by atoms with Gasteiger partial charge in [-0.2, -0.15) is 5.26 Å². The van der Waals surface area contributed by atoms with Gasteiger partial charge < -0.3 is 9.64 Å². The number of rotatable bonds is 7. The molecule has 2 rings (SSSR count). The van der Waals surface area contributed by atoms with Crippen LogP contribution in [0.15, 0.2) is 29.3 Å². The molecule has 8 heteroatoms. The van der Waals surface area contributed by atoms with Gasteiger partial charge in [-0.15, -0.1) is 0 Å². The lowest BCUT2D eigenvalue weighted by molar-refractivity contribution is -0.133. The molecule has 6 nitrogen and oxygen atoms in total. The molecule has 1 aromatic carbocycles. The summed E-state index contributed by atoms with van der Waals surface area (Å²) in [5, 5.41) is 8.54. The number of carbonyl (C=O) groups is 2. The number of esters is 1. The van der Waals surface area contributed by atoms with Gasteiger partial charge in [0.2, 0.25) is 0 Å². The average Bonchev–Trinajstić information content (AvgIpc) is 3.15. The van der Waals surface area contributed by atoms with Crippen LogP contribution in [0.3, 0.4) is 0 Å². The first-order valence-electron chi connectivity index (χ1n) is 7.78. The Bertz CT molecular complexity index is 701. The van der Waals surface area contributed by atoms with Crippen LogP contribution in [-0.4, -0.2) is 53.6 Å². The minimum atomic E-state index is -0.515. The van der Waals surface area contributed by atoms with E-state index in [1.54, 1.807) is 42.7 Å². The standard InChI is InChI=1S/C17H19N3O3S2/c1-20(9-4-7-18)15(21)11-23-16(22)14-6-3-2-5-13(14)12-25-17-19-8-10-24-17/h2-3,5-6H,4,8-12H2,1H3. The van der Waals surface area contributed by atoms with Crippen molar-refractivity contribution in [2.45, 2.75) is 12.2 Å². The first-order chi connectivity index (χ1) is 12.1. The number of nitrogens with zero attached hydrogens (tertiary/aromatic N) is 3. The maximum atomic E-state index is 12.3. The fourth-order valence-electron chi connectivity index (χ4n) is 2.05. The van der Waals surface area contributed by atoms with Crippen LogP contribution in [0.2, 0.25) is 0 Å². The summed E-state index contributed by atoms with van der Waals surface area (Å²) >= 11 is 3.33. The zero-order valence-electron chi connectivity index (χ0n) is 13.9. The molecule has 0 radical (unpaired) electrons. The number of aliphatic imine (C=N–C) groups is 1. The number of amides is 1. The van der Waals surface area contributed by atoms with Gasteiger partial charge in [0.15, 0.2) is 6.61 Å². The Morgan fingerprint density at radius 2 is 2.24 bits per heavy atom. The highest BCUT2D eigenvalue weighted by Gasteiger charge is 2.17. The number of likely N-dealkylation sites (N-methyl/N-ethyl adjacent to an activating group) is 1. The zero-order chi connectivity index (χ0) is 18.1. The molecule has 0 aliphatic carbocycles. The van der Waals surface area contributed by atoms with Gasteiger partial charge in [-0.05, 0) is 11.6 Å². The first kappa shape index (κ1) is 19.3. The van der Waals surface area contributed by atoms with E-state index >= 15 is 0 Å². The Morgan fingerprint density at radius 1 is 1.44 bits per heavy atom. The molecule has 25 heavy (non-hydrogen) atoms. The second-order valence-electron chi connectivity index (χ2n) is 5.24. The summed E-state index contributed by atoms with van der Waals surface area (Å²) in [7, 11) is 1.58. The van der Waals surface area contributed by atoms with E-state index in [4.69, 9.17) is 10.00 Å². The second-order valence-corrected chi connectivity index (χ2v) is 7.55. The highest BCUT2D eigenvalue weighted by Crippen LogP contribution is 2.26. The van der Waals surface area contributed by atoms with Crippen molar-refractivity contribution < 1.29 is 14.3 Å². The molecule has 1 aromatic rings. The third-order valence-electron chi connectivity index (χ3n) is 3.46. The molecule has 0 spiro atoms. The fourth-order valence-corrected chi connectivity index (χ4v) is 4.06. The first-order valence-corrected chi connectivity index (χ1v) is 9.75. The lowest BCUT2D eigenvalue weighted by Crippen LogP contribution is -2.32. The van der Waals surface area contributed by atoms with E-state index in [2.05, 4.69) is 4.99 Å². The topological polar surface area (TPSA) is 82.8 Å². The smallest absolute Gasteiger partial charge is 0.338 e. The molecule has 1 aliphatic rings. The van der Waals surface area contributed by atoms with Crippen molar-refractivity contribution in [2.75, 3.05) is 32.5 Å². The third kappa shape index (κ3) is 6.11. The van der Waals surface area contributed by atoms with Crippen LogP contribution in [0.5, 0.6) is 0 Å². The molecule has 0 atom stereocenters. The van der Waals surface area contributed by atoms with E-state index in [0.717, 1.165) is 22.2 Å². The monoisotopic (exact) mass is 377 g/mol. The van der Waals surface area contributed by atoms with Crippen LogP contribution >= 0.6 is 23.5 Å². The number of carbonyl (C=O) groups excluding carboxylic acids is 2. The van der Waals surface area contributed by atoms with Crippen molar-refractivity contribution in [2.24, 2.45) is 4.99 Å². The lowest BCUT2D eigenvalue weighted by atomic mass is 10.1. The average molecular weight is 377 g/mol. The van der Waals surface area contributed by atoms with Gasteiger partial charge in [-0.1, -0.05) is 41.7 Å². The molecule has 0 bridgehead atoms. The van der Waals surface area contributed by atoms with E-state index in [9.17, 15) is 9.59 Å². The van der Waals surface area contributed by atoms with Crippen LogP contribution < -0.4 is 0 Å². The van der Waals surface area contributed by atoms with E-state index in [-0.39, 0.29) is 18.9 Å². The molecule has 0 N–H and O–H groups in total. The maximum absolute atomic E-state index is 12.3. The van der Waals surface area contributed by atoms with Crippen molar-refractivity contribution >= 4 is 39.8 Å². The Morgan fingerprint density at radius 3 is 2.96 bits per heavy atom. The fraction of sp³-hybridized carbons (Fsp3) is 0.412. The Labute approximate surface area is 155 Å². The number of thioether (sulfide) groups is 2. The number of hydrogen-bond donors (Lipinski definition) is 0. The molecule has 0 unspecified atom stereocenters. The minimum Gasteiger partial charge on any atom is -0.452 e. The van der Waals surface area contributed by atoms with Crippen molar-refractivity contribution in [1.29, 1.82) is 5.26 Å². The second kappa shape index (κ2) is 10.1. The van der Waals surface area contributed by atoms with Crippen LogP contribution in [0.1, 0.15) is 22.3 Å². The van der Waals surface area contributed by atoms with Crippen molar-refractivity contribution in [3.8, 4) is 6.07 Å². The summed E-state index contributed by atoms with van der Waals surface area (Å²) in [5.74, 6) is 0.798. The van der Waals surface area contributed by atoms with Crippen LogP contribution in [-0.2, 0) is 15.3 Å². The molecule has 1 amide bonds. The summed E-state index contributed by atoms with van der Waals surface area (Å²) in [5.41, 5.74) is 1.32. The molecular formula is C17H19N3O3S2. The van der Waals surface area contributed by atoms with Gasteiger partial charge >= 0.3 is 5.97 Å². The van der Waals surface area contributed by atoms with Crippen LogP contribution in [0, 0.1) is 11.3 Å². The van der Waals surface area contributed by atoms with E-state index in [0.29, 0.717) is 17.9 Å². The molecule has 0 saturated carbocycles. The summed E-state index contributed by atoms with van der Waals surface area (Å²) < 4.78 is 6.19. The number of hydrogen-bond acceptors (Lipinski definition) is 7. The summed E-state index contributed by atoms with van der Waals surface area (Å²) in [6.07, 6.45) is 0.248. The largest absolute Gasteiger partial charge is 0.452 e. The van der Waals surface area contributed by atoms with Gasteiger partial charge in [0.25, 0.3) is 5.91 Å². The molecule has 0 aromatic heterocycles. The van der Waals surface area contributed by atoms with Crippen molar-refractivity contribution in [1.82, 2.24) is 4.90 Å². The molecule has 0 saturated heterocycles. The predicted molar refractivity (Wildman–Crippen MR) is 101 cm³/mol. The van der Waals surface area contributed by atoms with Gasteiger partial charge in [0.1, 0.15) is 4.38 Å². The van der Waals surface area contributed by atoms with Crippen molar-refractivity contribution in [3.63, 3.8) is 0 Å². The van der Waals surface area contributed by atoms with E-state index < -0.39 is 5.97 Å². The number of ether oxygens (including phenoxy) is 1. The van der Waals surface area contributed by atoms with Crippen LogP contribution in [0.25, 0.3) is 0 Å². The Kier molecular flexibility index (Phi) is 7.82. The van der Waals surface area contributed by atoms with E-state index in [1.807, 2.05) is 18.2 Å². The molecule has 1 heterocycles. The zero-order valence-corrected chi connectivity index (χ0v) is 15.6. The summed E-state index contributed by atoms with van der Waals surface area (Å²) in [6, 6.07) is 9.20. The van der Waals surface area contributed by atoms with Gasteiger partial charge in [0, 0.05) is 25.1 Å². The quantitative estimate of drug-likeness (QED) is 0.679. The Balaban J connectivity index is 1.90. The molecule has 132 valence electrons. The maximum Gasteiger partial charge on any atom is 0.338 e. The highest BCUT2D eigenvalue weighted by atomic mass is 32.2. The van der Waals surface area contributed by atoms with Crippen molar-refractivity contribution in [3.05, 3.63) is 35.4 Å². The highest BCUT2D eigenvalue weighted by molar-refractivity contribution is 8.38. The van der Waals surface area contributed by atoms with Gasteiger partial charge in [0.05, 0.1) is 24.6 Å². The van der Waals surface area contributed by atoms with Gasteiger partial charge in [-0.3, -0.25) is 9.79 Å². The SMILES string of the molecule is CN(CCC#N)C(=O)COC(=O)c1ccccc1CSC1=NCCS1. The normalized spacial score (nSPS) is 13.0. The van der Waals surface area contributed by atoms with Crippen LogP contribution in [0.4, 0.5) is 0 Å². The number of nitriles is 1. The minimum absolute atomic E-state index is 0.248. The molecular weight excluding hydrogens is 358 g/mol. The summed E-state index contributed by atoms with van der Waals surface area (Å²) in [6.45, 7) is 0.836. The molecule has 1 aliphatic heterocycles. The third-order valence-corrected chi connectivity index (χ3v) is 5.76. The molecule has 0 fully saturated rings. The summed E-state index contributed by atoms with van der Waals surface area (Å²) in [4.78, 5) is 30.0. The predicted octanol–water partition coefficient (Wildman–Crippen LogP) is 2.55. The number of benzene rings is 1. The van der Waals surface area contributed by atoms with Gasteiger partial charge in [-0.25, -0.2) is 4.79 Å².